The minimum absolute atomic E-state index is 0.833. The van der Waals surface area contributed by atoms with Crippen LogP contribution in [0.1, 0.15) is 20.8 Å². The van der Waals surface area contributed by atoms with Gasteiger partial charge in [0.05, 0.1) is 7.85 Å². The van der Waals surface area contributed by atoms with Crippen LogP contribution in [0.5, 0.6) is 0 Å². The van der Waals surface area contributed by atoms with Gasteiger partial charge in [-0.05, 0) is 5.92 Å². The highest BCUT2D eigenvalue weighted by Gasteiger charge is 1.68. The molecule has 0 aliphatic heterocycles. The molecular weight excluding hydrogens is 70.9 g/mol. The van der Waals surface area contributed by atoms with Crippen molar-refractivity contribution in [2.75, 3.05) is 0 Å². The highest BCUT2D eigenvalue weighted by atomic mass is 13.7. The molecule has 0 nitrogen and oxygen atoms in total. The zero-order valence-corrected chi connectivity index (χ0v) is 5.15. The lowest BCUT2D eigenvalue weighted by Gasteiger charge is -1.79. The molecule has 0 heterocycles. The maximum Gasteiger partial charge on any atom is 0.0606 e. The Morgan fingerprint density at radius 2 is 1.00 bits per heavy atom. The fourth-order valence-electron chi connectivity index (χ4n) is 0. The van der Waals surface area contributed by atoms with Crippen molar-refractivity contribution in [1.82, 2.24) is 0 Å². The van der Waals surface area contributed by atoms with Gasteiger partial charge < -0.3 is 0 Å². The number of rotatable bonds is 0. The molecule has 0 amide bonds. The maximum atomic E-state index is 4.50. The van der Waals surface area contributed by atoms with Crippen LogP contribution in [0.2, 0.25) is 6.82 Å². The summed E-state index contributed by atoms with van der Waals surface area (Å²) >= 11 is 0. The lowest BCUT2D eigenvalue weighted by Crippen LogP contribution is -1.66. The smallest absolute Gasteiger partial charge is 0.0606 e. The molecule has 0 aliphatic carbocycles. The van der Waals surface area contributed by atoms with Crippen LogP contribution >= 0.6 is 0 Å². The average Bonchev–Trinajstić information content (AvgIpc) is 1.41. The summed E-state index contributed by atoms with van der Waals surface area (Å²) in [6.07, 6.45) is 0. The van der Waals surface area contributed by atoms with Gasteiger partial charge in [-0.2, -0.15) is 0 Å². The van der Waals surface area contributed by atoms with Gasteiger partial charge in [0.15, 0.2) is 0 Å². The molecule has 1 heteroatoms. The summed E-state index contributed by atoms with van der Waals surface area (Å²) in [5.41, 5.74) is 0. The van der Waals surface area contributed by atoms with Gasteiger partial charge in [-0.25, -0.2) is 0 Å². The Kier molecular flexibility index (Phi) is 14.0. The molecule has 0 saturated heterocycles. The second kappa shape index (κ2) is 8.91. The Labute approximate surface area is 42.4 Å². The van der Waals surface area contributed by atoms with E-state index in [9.17, 15) is 0 Å². The third-order valence-corrected chi connectivity index (χ3v) is 0. The predicted octanol–water partition coefficient (Wildman–Crippen LogP) is 1.87. The molecule has 0 atom stereocenters. The lowest BCUT2D eigenvalue weighted by molar-refractivity contribution is 0.737. The van der Waals surface area contributed by atoms with Crippen molar-refractivity contribution in [3.8, 4) is 0 Å². The number of hydrogen-bond donors (Lipinski definition) is 0. The summed E-state index contributed by atoms with van der Waals surface area (Å²) < 4.78 is 0. The molecule has 36 valence electrons. The molecule has 0 aromatic rings. The summed E-state index contributed by atoms with van der Waals surface area (Å²) in [5, 5.41) is 0. The lowest BCUT2D eigenvalue weighted by atomic mass is 10.2. The molecule has 0 aliphatic rings. The standard InChI is InChI=1S/C4H10.CH3B/c1-4(2)3;1-2/h4H,1-3H3;1H3. The summed E-state index contributed by atoms with van der Waals surface area (Å²) in [7, 11) is 4.50. The molecule has 2 radical (unpaired) electrons. The first-order chi connectivity index (χ1) is 2.73. The van der Waals surface area contributed by atoms with Gasteiger partial charge in [0.25, 0.3) is 0 Å². The van der Waals surface area contributed by atoms with E-state index in [0.717, 1.165) is 5.92 Å². The molecule has 6 heavy (non-hydrogen) atoms. The zero-order chi connectivity index (χ0) is 5.58. The van der Waals surface area contributed by atoms with E-state index < -0.39 is 0 Å². The second-order valence-electron chi connectivity index (χ2n) is 1.73. The SMILES string of the molecule is CC(C)C.[B]C. The van der Waals surface area contributed by atoms with Gasteiger partial charge in [0.1, 0.15) is 0 Å². The van der Waals surface area contributed by atoms with Gasteiger partial charge >= 0.3 is 0 Å². The Morgan fingerprint density at radius 1 is 1.00 bits per heavy atom. The Hall–Kier alpha value is 0.0649. The third-order valence-electron chi connectivity index (χ3n) is 0. The van der Waals surface area contributed by atoms with E-state index in [4.69, 9.17) is 0 Å². The monoisotopic (exact) mass is 84.1 g/mol. The molecule has 0 bridgehead atoms. The molecule has 0 aromatic carbocycles. The van der Waals surface area contributed by atoms with E-state index in [2.05, 4.69) is 28.6 Å². The Morgan fingerprint density at radius 3 is 1.00 bits per heavy atom. The fraction of sp³-hybridized carbons (Fsp3) is 1.00. The molecule has 0 saturated carbocycles. The van der Waals surface area contributed by atoms with Crippen LogP contribution in [0.15, 0.2) is 0 Å². The molecule has 0 unspecified atom stereocenters. The topological polar surface area (TPSA) is 0 Å². The molecule has 0 fully saturated rings. The normalized spacial score (nSPS) is 6.83. The van der Waals surface area contributed by atoms with Crippen LogP contribution in [-0.4, -0.2) is 7.85 Å². The van der Waals surface area contributed by atoms with Gasteiger partial charge in [-0.1, -0.05) is 27.6 Å². The van der Waals surface area contributed by atoms with Gasteiger partial charge in [-0.3, -0.25) is 0 Å². The minimum atomic E-state index is 0.833. The quantitative estimate of drug-likeness (QED) is 0.393. The van der Waals surface area contributed by atoms with E-state index in [1.54, 1.807) is 0 Å². The van der Waals surface area contributed by atoms with Crippen LogP contribution in [0.4, 0.5) is 0 Å². The second-order valence-corrected chi connectivity index (χ2v) is 1.73. The fourth-order valence-corrected chi connectivity index (χ4v) is 0. The zero-order valence-electron chi connectivity index (χ0n) is 5.15. The van der Waals surface area contributed by atoms with Crippen molar-refractivity contribution in [2.24, 2.45) is 5.92 Å². The van der Waals surface area contributed by atoms with Gasteiger partial charge in [0, 0.05) is 0 Å². The summed E-state index contributed by atoms with van der Waals surface area (Å²) in [4.78, 5) is 0. The summed E-state index contributed by atoms with van der Waals surface area (Å²) in [6, 6.07) is 0. The largest absolute Gasteiger partial charge is 0.0999 e. The van der Waals surface area contributed by atoms with Crippen molar-refractivity contribution < 1.29 is 0 Å². The predicted molar refractivity (Wildman–Crippen MR) is 32.1 cm³/mol. The van der Waals surface area contributed by atoms with Crippen LogP contribution < -0.4 is 0 Å². The number of hydrogen-bond acceptors (Lipinski definition) is 0. The van der Waals surface area contributed by atoms with Crippen molar-refractivity contribution >= 4 is 7.85 Å². The Bertz CT molecular complexity index is 8.66. The highest BCUT2D eigenvalue weighted by Crippen LogP contribution is 1.81. The van der Waals surface area contributed by atoms with Crippen LogP contribution in [-0.2, 0) is 0 Å². The van der Waals surface area contributed by atoms with Gasteiger partial charge in [-0.15, -0.1) is 0 Å². The molecule has 0 rings (SSSR count). The first-order valence-electron chi connectivity index (χ1n) is 2.31. The van der Waals surface area contributed by atoms with E-state index in [1.165, 1.54) is 6.82 Å². The van der Waals surface area contributed by atoms with Crippen molar-refractivity contribution in [3.63, 3.8) is 0 Å². The summed E-state index contributed by atoms with van der Waals surface area (Å²) in [5.74, 6) is 0.833. The Balaban J connectivity index is 0. The van der Waals surface area contributed by atoms with E-state index >= 15 is 0 Å². The van der Waals surface area contributed by atoms with Crippen molar-refractivity contribution in [1.29, 1.82) is 0 Å². The minimum Gasteiger partial charge on any atom is -0.0999 e. The molecular formula is C5H13B. The maximum absolute atomic E-state index is 4.50. The first kappa shape index (κ1) is 9.42. The van der Waals surface area contributed by atoms with E-state index in [0.29, 0.717) is 0 Å². The van der Waals surface area contributed by atoms with Gasteiger partial charge in [0.2, 0.25) is 0 Å². The van der Waals surface area contributed by atoms with E-state index in [-0.39, 0.29) is 0 Å². The van der Waals surface area contributed by atoms with E-state index in [1.807, 2.05) is 0 Å². The first-order valence-corrected chi connectivity index (χ1v) is 2.31. The highest BCUT2D eigenvalue weighted by molar-refractivity contribution is 6.05. The average molecular weight is 84.0 g/mol. The van der Waals surface area contributed by atoms with Crippen molar-refractivity contribution in [2.45, 2.75) is 27.6 Å². The van der Waals surface area contributed by atoms with Crippen LogP contribution in [0.3, 0.4) is 0 Å². The molecule has 0 N–H and O–H groups in total. The third kappa shape index (κ3) is 9060. The van der Waals surface area contributed by atoms with Crippen molar-refractivity contribution in [3.05, 3.63) is 0 Å². The molecule has 0 spiro atoms. The van der Waals surface area contributed by atoms with Crippen LogP contribution in [0.25, 0.3) is 0 Å². The summed E-state index contributed by atoms with van der Waals surface area (Å²) in [6.45, 7) is 8.00. The molecule has 0 aromatic heterocycles. The van der Waals surface area contributed by atoms with Crippen LogP contribution in [0, 0.1) is 5.92 Å².